The number of nitrogens with one attached hydrogen (secondary N) is 2. The third-order valence-corrected chi connectivity index (χ3v) is 3.71. The number of hydrogen-bond acceptors (Lipinski definition) is 4. The lowest BCUT2D eigenvalue weighted by molar-refractivity contribution is -0.139. The summed E-state index contributed by atoms with van der Waals surface area (Å²) in [5, 5.41) is 13.4. The molecule has 0 aromatic carbocycles. The summed E-state index contributed by atoms with van der Waals surface area (Å²) in [6, 6.07) is 2.23. The van der Waals surface area contributed by atoms with Crippen LogP contribution in [0.5, 0.6) is 0 Å². The maximum Gasteiger partial charge on any atom is 0.310 e. The molecule has 0 radical (unpaired) electrons. The second kappa shape index (κ2) is 5.83. The number of carbonyl (C=O) groups excluding carboxylic acids is 2. The Hall–Kier alpha value is -1.61. The molecule has 0 saturated carbocycles. The summed E-state index contributed by atoms with van der Waals surface area (Å²) in [7, 11) is 0. The van der Waals surface area contributed by atoms with E-state index in [0.717, 1.165) is 25.9 Å². The van der Waals surface area contributed by atoms with Crippen molar-refractivity contribution < 1.29 is 9.59 Å². The maximum absolute atomic E-state index is 11.6. The first-order chi connectivity index (χ1) is 8.72. The summed E-state index contributed by atoms with van der Waals surface area (Å²) in [6.45, 7) is 1.96. The fraction of sp³-hybridized carbons (Fsp3) is 0.750. The second-order valence-corrected chi connectivity index (χ2v) is 4.81. The molecule has 6 nitrogen and oxygen atoms in total. The van der Waals surface area contributed by atoms with Crippen LogP contribution in [0.3, 0.4) is 0 Å². The van der Waals surface area contributed by atoms with E-state index in [0.29, 0.717) is 6.04 Å². The van der Waals surface area contributed by atoms with Crippen molar-refractivity contribution in [2.75, 3.05) is 19.6 Å². The van der Waals surface area contributed by atoms with Crippen molar-refractivity contribution in [3.63, 3.8) is 0 Å². The third-order valence-electron chi connectivity index (χ3n) is 3.71. The van der Waals surface area contributed by atoms with Crippen LogP contribution in [-0.4, -0.2) is 48.4 Å². The Bertz CT molecular complexity index is 377. The molecule has 0 aliphatic carbocycles. The molecule has 18 heavy (non-hydrogen) atoms. The minimum absolute atomic E-state index is 0.0747. The van der Waals surface area contributed by atoms with E-state index in [1.165, 1.54) is 12.8 Å². The number of rotatable bonds is 2. The van der Waals surface area contributed by atoms with Gasteiger partial charge in [-0.25, -0.2) is 0 Å². The van der Waals surface area contributed by atoms with Crippen LogP contribution in [0.1, 0.15) is 25.7 Å². The number of piperidine rings is 1. The van der Waals surface area contributed by atoms with Gasteiger partial charge < -0.3 is 10.6 Å². The molecule has 6 heteroatoms. The Balaban J connectivity index is 1.84. The van der Waals surface area contributed by atoms with Gasteiger partial charge in [0, 0.05) is 18.6 Å². The minimum Gasteiger partial charge on any atom is -0.343 e. The molecule has 2 aliphatic heterocycles. The van der Waals surface area contributed by atoms with E-state index in [2.05, 4.69) is 15.5 Å². The van der Waals surface area contributed by atoms with E-state index < -0.39 is 11.8 Å². The average Bonchev–Trinajstić information content (AvgIpc) is 2.79. The highest BCUT2D eigenvalue weighted by Gasteiger charge is 2.36. The van der Waals surface area contributed by atoms with Gasteiger partial charge in [0.1, 0.15) is 6.54 Å². The van der Waals surface area contributed by atoms with Crippen molar-refractivity contribution >= 4 is 11.8 Å². The monoisotopic (exact) mass is 250 g/mol. The summed E-state index contributed by atoms with van der Waals surface area (Å²) >= 11 is 0. The lowest BCUT2D eigenvalue weighted by Crippen LogP contribution is -2.50. The Kier molecular flexibility index (Phi) is 4.15. The molecule has 2 N–H and O–H groups in total. The molecule has 2 atom stereocenters. The fourth-order valence-corrected chi connectivity index (χ4v) is 2.85. The first-order valence-electron chi connectivity index (χ1n) is 6.42. The van der Waals surface area contributed by atoms with E-state index in [9.17, 15) is 9.59 Å². The van der Waals surface area contributed by atoms with E-state index >= 15 is 0 Å². The smallest absolute Gasteiger partial charge is 0.310 e. The number of nitrogens with zero attached hydrogens (tertiary/aromatic N) is 2. The second-order valence-electron chi connectivity index (χ2n) is 4.81. The quantitative estimate of drug-likeness (QED) is 0.505. The van der Waals surface area contributed by atoms with Gasteiger partial charge in [0.05, 0.1) is 6.07 Å². The van der Waals surface area contributed by atoms with Crippen LogP contribution in [0.2, 0.25) is 0 Å². The molecule has 2 rings (SSSR count). The highest BCUT2D eigenvalue weighted by molar-refractivity contribution is 6.35. The molecule has 0 spiro atoms. The van der Waals surface area contributed by atoms with E-state index in [4.69, 9.17) is 5.26 Å². The first kappa shape index (κ1) is 12.8. The molecule has 2 saturated heterocycles. The zero-order valence-electron chi connectivity index (χ0n) is 10.3. The van der Waals surface area contributed by atoms with Gasteiger partial charge in [-0.1, -0.05) is 6.42 Å². The number of carbonyl (C=O) groups is 2. The van der Waals surface area contributed by atoms with Crippen molar-refractivity contribution in [1.82, 2.24) is 15.5 Å². The zero-order valence-corrected chi connectivity index (χ0v) is 10.3. The largest absolute Gasteiger partial charge is 0.343 e. The van der Waals surface area contributed by atoms with Gasteiger partial charge >= 0.3 is 11.8 Å². The Morgan fingerprint density at radius 3 is 2.83 bits per heavy atom. The predicted molar refractivity (Wildman–Crippen MR) is 64.4 cm³/mol. The van der Waals surface area contributed by atoms with Gasteiger partial charge in [-0.2, -0.15) is 5.26 Å². The average molecular weight is 250 g/mol. The number of nitriles is 1. The van der Waals surface area contributed by atoms with Crippen LogP contribution in [0, 0.1) is 11.3 Å². The third kappa shape index (κ3) is 2.79. The first-order valence-corrected chi connectivity index (χ1v) is 6.42. The topological polar surface area (TPSA) is 85.2 Å². The lowest BCUT2D eigenvalue weighted by atomic mass is 9.99. The molecular weight excluding hydrogens is 232 g/mol. The summed E-state index contributed by atoms with van der Waals surface area (Å²) in [5.41, 5.74) is 0. The number of amides is 2. The summed E-state index contributed by atoms with van der Waals surface area (Å²) in [6.07, 6.45) is 4.40. The summed E-state index contributed by atoms with van der Waals surface area (Å²) in [5.74, 6) is -1.34. The summed E-state index contributed by atoms with van der Waals surface area (Å²) in [4.78, 5) is 25.4. The SMILES string of the molecule is N#CCNC(=O)C(=O)NC1CCN2CCCCC12. The van der Waals surface area contributed by atoms with E-state index in [-0.39, 0.29) is 12.6 Å². The van der Waals surface area contributed by atoms with Crippen LogP contribution in [-0.2, 0) is 9.59 Å². The fourth-order valence-electron chi connectivity index (χ4n) is 2.85. The minimum atomic E-state index is -0.717. The molecule has 2 heterocycles. The van der Waals surface area contributed by atoms with Crippen molar-refractivity contribution in [3.8, 4) is 6.07 Å². The van der Waals surface area contributed by atoms with Crippen molar-refractivity contribution in [2.45, 2.75) is 37.8 Å². The molecule has 2 unspecified atom stereocenters. The molecule has 2 fully saturated rings. The van der Waals surface area contributed by atoms with Crippen LogP contribution in [0.4, 0.5) is 0 Å². The molecule has 2 aliphatic rings. The maximum atomic E-state index is 11.6. The number of hydrogen-bond donors (Lipinski definition) is 2. The highest BCUT2D eigenvalue weighted by atomic mass is 16.2. The highest BCUT2D eigenvalue weighted by Crippen LogP contribution is 2.26. The van der Waals surface area contributed by atoms with Gasteiger partial charge in [-0.3, -0.25) is 14.5 Å². The predicted octanol–water partition coefficient (Wildman–Crippen LogP) is -0.631. The van der Waals surface area contributed by atoms with E-state index in [1.54, 1.807) is 6.07 Å². The zero-order chi connectivity index (χ0) is 13.0. The van der Waals surface area contributed by atoms with Crippen molar-refractivity contribution in [1.29, 1.82) is 5.26 Å². The molecular formula is C12H18N4O2. The Morgan fingerprint density at radius 2 is 2.06 bits per heavy atom. The van der Waals surface area contributed by atoms with Crippen LogP contribution < -0.4 is 10.6 Å². The van der Waals surface area contributed by atoms with Gasteiger partial charge in [0.2, 0.25) is 0 Å². The van der Waals surface area contributed by atoms with Crippen LogP contribution in [0.15, 0.2) is 0 Å². The van der Waals surface area contributed by atoms with Gasteiger partial charge in [0.15, 0.2) is 0 Å². The molecule has 0 aromatic heterocycles. The Morgan fingerprint density at radius 1 is 1.22 bits per heavy atom. The lowest BCUT2D eigenvalue weighted by Gasteiger charge is -2.32. The van der Waals surface area contributed by atoms with Crippen LogP contribution in [0.25, 0.3) is 0 Å². The van der Waals surface area contributed by atoms with Crippen molar-refractivity contribution in [2.24, 2.45) is 0 Å². The molecule has 0 aromatic rings. The van der Waals surface area contributed by atoms with Gasteiger partial charge in [-0.05, 0) is 25.8 Å². The summed E-state index contributed by atoms with van der Waals surface area (Å²) < 4.78 is 0. The molecule has 0 bridgehead atoms. The van der Waals surface area contributed by atoms with Gasteiger partial charge in [-0.15, -0.1) is 0 Å². The molecule has 2 amide bonds. The van der Waals surface area contributed by atoms with Crippen molar-refractivity contribution in [3.05, 3.63) is 0 Å². The Labute approximate surface area is 106 Å². The standard InChI is InChI=1S/C12H18N4O2/c13-5-6-14-11(17)12(18)15-9-4-8-16-7-2-1-3-10(9)16/h9-10H,1-4,6-8H2,(H,14,17)(H,15,18). The number of fused-ring (bicyclic) bond motifs is 1. The molecule has 98 valence electrons. The van der Waals surface area contributed by atoms with Gasteiger partial charge in [0.25, 0.3) is 0 Å². The normalized spacial score (nSPS) is 27.1. The van der Waals surface area contributed by atoms with E-state index in [1.807, 2.05) is 0 Å². The van der Waals surface area contributed by atoms with Crippen LogP contribution >= 0.6 is 0 Å².